The van der Waals surface area contributed by atoms with Crippen molar-refractivity contribution in [2.45, 2.75) is 26.2 Å². The maximum Gasteiger partial charge on any atom is 0.224 e. The molecule has 0 aromatic carbocycles. The van der Waals surface area contributed by atoms with Gasteiger partial charge in [0.15, 0.2) is 0 Å². The van der Waals surface area contributed by atoms with Gasteiger partial charge in [0.25, 0.3) is 0 Å². The van der Waals surface area contributed by atoms with Crippen molar-refractivity contribution in [1.29, 1.82) is 0 Å². The van der Waals surface area contributed by atoms with Crippen molar-refractivity contribution in [1.82, 2.24) is 0 Å². The molecule has 0 saturated carbocycles. The zero-order chi connectivity index (χ0) is 12.0. The van der Waals surface area contributed by atoms with Crippen LogP contribution >= 0.6 is 11.6 Å². The number of amides is 1. The van der Waals surface area contributed by atoms with E-state index < -0.39 is 0 Å². The van der Waals surface area contributed by atoms with E-state index in [-0.39, 0.29) is 11.8 Å². The minimum Gasteiger partial charge on any atom is -0.369 e. The predicted octanol–water partition coefficient (Wildman–Crippen LogP) is 2.94. The maximum absolute atomic E-state index is 11.4. The van der Waals surface area contributed by atoms with Crippen molar-refractivity contribution in [2.24, 2.45) is 11.7 Å². The molecule has 1 atom stereocenters. The van der Waals surface area contributed by atoms with Crippen LogP contribution in [0.1, 0.15) is 26.2 Å². The van der Waals surface area contributed by atoms with E-state index >= 15 is 0 Å². The Morgan fingerprint density at radius 2 is 2.24 bits per heavy atom. The second kappa shape index (κ2) is 7.29. The zero-order valence-electron chi connectivity index (χ0n) is 9.84. The van der Waals surface area contributed by atoms with E-state index in [0.29, 0.717) is 5.88 Å². The molecule has 0 heterocycles. The van der Waals surface area contributed by atoms with Gasteiger partial charge in [-0.3, -0.25) is 4.79 Å². The van der Waals surface area contributed by atoms with Crippen LogP contribution in [-0.2, 0) is 4.79 Å². The SMILES string of the molecule is CC1=CC=C(C(CCCCl)C(N)=O)C=CC1.[Lr]. The van der Waals surface area contributed by atoms with Gasteiger partial charge in [-0.1, -0.05) is 29.9 Å². The molecule has 2 nitrogen and oxygen atoms in total. The summed E-state index contributed by atoms with van der Waals surface area (Å²) < 4.78 is 0. The van der Waals surface area contributed by atoms with Gasteiger partial charge in [-0.2, -0.15) is 0 Å². The van der Waals surface area contributed by atoms with E-state index in [4.69, 9.17) is 17.3 Å². The van der Waals surface area contributed by atoms with E-state index in [1.54, 1.807) is 0 Å². The van der Waals surface area contributed by atoms with Crippen LogP contribution in [0.5, 0.6) is 0 Å². The summed E-state index contributed by atoms with van der Waals surface area (Å²) in [6.45, 7) is 2.07. The van der Waals surface area contributed by atoms with Gasteiger partial charge in [0, 0.05) is 5.88 Å². The number of primary amides is 1. The molecule has 1 radical (unpaired) electrons. The van der Waals surface area contributed by atoms with E-state index in [0.717, 1.165) is 24.8 Å². The number of allylic oxidation sites excluding steroid dienone is 5. The summed E-state index contributed by atoms with van der Waals surface area (Å²) in [4.78, 5) is 11.4. The first-order valence-corrected chi connectivity index (χ1v) is 6.07. The molecular formula is C13H18ClLrNO. The quantitative estimate of drug-likeness (QED) is 0.579. The number of rotatable bonds is 5. The van der Waals surface area contributed by atoms with Crippen molar-refractivity contribution in [3.63, 3.8) is 0 Å². The molecule has 0 spiro atoms. The second-order valence-corrected chi connectivity index (χ2v) is 4.45. The molecule has 0 saturated heterocycles. The fraction of sp³-hybridized carbons (Fsp3) is 0.462. The topological polar surface area (TPSA) is 43.1 Å². The summed E-state index contributed by atoms with van der Waals surface area (Å²) in [6, 6.07) is 0. The van der Waals surface area contributed by atoms with Crippen molar-refractivity contribution in [2.75, 3.05) is 5.88 Å². The number of hydrogen-bond donors (Lipinski definition) is 1. The minimum absolute atomic E-state index is 0. The van der Waals surface area contributed by atoms with E-state index in [1.165, 1.54) is 5.57 Å². The fourth-order valence-electron chi connectivity index (χ4n) is 1.73. The molecule has 103 valence electrons. The standard InChI is InChI=1S/C13H18ClNO.Lr/c1-10-4-2-5-11(8-7-10)12(13(15)16)6-3-9-14;/h2,5,7-8,12H,3-4,6,9H2,1H3,(H2,15,16);. The summed E-state index contributed by atoms with van der Waals surface area (Å²) in [7, 11) is 0. The van der Waals surface area contributed by atoms with Crippen LogP contribution in [0.2, 0.25) is 0 Å². The monoisotopic (exact) mass is 501 g/mol. The van der Waals surface area contributed by atoms with Gasteiger partial charge in [0.05, 0.1) is 5.92 Å². The molecule has 0 aromatic heterocycles. The van der Waals surface area contributed by atoms with E-state index in [2.05, 4.69) is 13.0 Å². The van der Waals surface area contributed by atoms with Crippen LogP contribution in [0, 0.1) is 5.92 Å². The number of nitrogens with two attached hydrogens (primary N) is 1. The maximum atomic E-state index is 11.4. The molecular weight excluding hydrogens is 484 g/mol. The van der Waals surface area contributed by atoms with Gasteiger partial charge in [0.1, 0.15) is 0 Å². The largest absolute Gasteiger partial charge is 0.369 e. The van der Waals surface area contributed by atoms with Crippen LogP contribution in [0.15, 0.2) is 35.5 Å². The van der Waals surface area contributed by atoms with Crippen LogP contribution in [0.25, 0.3) is 0 Å². The predicted molar refractivity (Wildman–Crippen MR) is 68.2 cm³/mol. The molecule has 1 amide bonds. The Bertz CT molecular complexity index is 347. The molecule has 1 aliphatic rings. The Morgan fingerprint density at radius 3 is 2.82 bits per heavy atom. The molecule has 0 aromatic rings. The van der Waals surface area contributed by atoms with Gasteiger partial charge in [-0.05, 0) is 31.8 Å². The van der Waals surface area contributed by atoms with Crippen LogP contribution < -0.4 is 5.73 Å². The number of halogens is 1. The molecule has 1 unspecified atom stereocenters. The summed E-state index contributed by atoms with van der Waals surface area (Å²) in [5.74, 6) is 0.0847. The molecule has 0 fully saturated rings. The Balaban J connectivity index is 0.00000256. The van der Waals surface area contributed by atoms with Gasteiger partial charge >= 0.3 is 0 Å². The number of carbonyl (C=O) groups is 1. The molecule has 1 aliphatic carbocycles. The summed E-state index contributed by atoms with van der Waals surface area (Å²) in [5, 5.41) is 0. The van der Waals surface area contributed by atoms with Gasteiger partial charge in [-0.25, -0.2) is 0 Å². The third-order valence-electron chi connectivity index (χ3n) is 2.68. The Morgan fingerprint density at radius 1 is 1.53 bits per heavy atom. The molecule has 0 aliphatic heterocycles. The molecule has 4 heteroatoms. The zero-order valence-corrected chi connectivity index (χ0v) is 12.7. The van der Waals surface area contributed by atoms with Crippen molar-refractivity contribution in [3.8, 4) is 0 Å². The number of carbonyl (C=O) groups excluding carboxylic acids is 1. The first kappa shape index (κ1) is 15.0. The van der Waals surface area contributed by atoms with Crippen LogP contribution in [-0.4, -0.2) is 11.8 Å². The Labute approximate surface area is 102 Å². The van der Waals surface area contributed by atoms with Crippen LogP contribution in [0.4, 0.5) is 0 Å². The van der Waals surface area contributed by atoms with E-state index in [9.17, 15) is 4.79 Å². The summed E-state index contributed by atoms with van der Waals surface area (Å²) >= 11 is 5.64. The average molecular weight is 502 g/mol. The van der Waals surface area contributed by atoms with Gasteiger partial charge in [0.2, 0.25) is 5.91 Å². The van der Waals surface area contributed by atoms with E-state index in [1.807, 2.05) is 18.2 Å². The van der Waals surface area contributed by atoms with Gasteiger partial charge in [-0.15, -0.1) is 11.6 Å². The fourth-order valence-corrected chi connectivity index (χ4v) is 1.88. The molecule has 2 N–H and O–H groups in total. The van der Waals surface area contributed by atoms with Crippen molar-refractivity contribution in [3.05, 3.63) is 35.5 Å². The summed E-state index contributed by atoms with van der Waals surface area (Å²) in [5.41, 5.74) is 7.70. The smallest absolute Gasteiger partial charge is 0.224 e. The van der Waals surface area contributed by atoms with Crippen molar-refractivity contribution < 1.29 is 4.79 Å². The molecule has 0 bridgehead atoms. The third-order valence-corrected chi connectivity index (χ3v) is 2.95. The average Bonchev–Trinajstić information content (AvgIpc) is 2.44. The van der Waals surface area contributed by atoms with Crippen molar-refractivity contribution >= 4 is 17.5 Å². The van der Waals surface area contributed by atoms with Gasteiger partial charge < -0.3 is 5.73 Å². The second-order valence-electron chi connectivity index (χ2n) is 4.07. The number of alkyl halides is 1. The minimum atomic E-state index is -0.269. The Kier molecular flexibility index (Phi) is 6.42. The molecule has 1 rings (SSSR count). The normalized spacial score (nSPS) is 16.4. The first-order chi connectivity index (χ1) is 7.65. The molecule has 17 heavy (non-hydrogen) atoms. The summed E-state index contributed by atoms with van der Waals surface area (Å²) in [6.07, 6.45) is 10.6. The Hall–Kier alpha value is -2.02. The van der Waals surface area contributed by atoms with Crippen LogP contribution in [0.3, 0.4) is 0 Å². The third kappa shape index (κ3) is 4.56. The number of hydrogen-bond acceptors (Lipinski definition) is 1. The first-order valence-electron chi connectivity index (χ1n) is 5.54.